The Kier molecular flexibility index (Phi) is 4.83. The van der Waals surface area contributed by atoms with Gasteiger partial charge < -0.3 is 14.8 Å². The van der Waals surface area contributed by atoms with Crippen LogP contribution in [0, 0.1) is 10.1 Å². The van der Waals surface area contributed by atoms with Gasteiger partial charge >= 0.3 is 0 Å². The molecule has 2 heterocycles. The Labute approximate surface area is 148 Å². The van der Waals surface area contributed by atoms with Crippen molar-refractivity contribution in [3.8, 4) is 5.75 Å². The molecule has 3 aromatic rings. The summed E-state index contributed by atoms with van der Waals surface area (Å²) in [5.74, 6) is -0.129. The number of aromatic hydroxyl groups is 1. The number of non-ortho nitro benzene ring substituents is 1. The monoisotopic (exact) mass is 355 g/mol. The van der Waals surface area contributed by atoms with E-state index in [9.17, 15) is 20.0 Å². The summed E-state index contributed by atoms with van der Waals surface area (Å²) in [6, 6.07) is 6.72. The number of pyridine rings is 1. The van der Waals surface area contributed by atoms with E-state index in [1.807, 2.05) is 6.92 Å². The Morgan fingerprint density at radius 1 is 1.42 bits per heavy atom. The van der Waals surface area contributed by atoms with Gasteiger partial charge in [0.1, 0.15) is 23.1 Å². The van der Waals surface area contributed by atoms with Gasteiger partial charge in [0, 0.05) is 24.2 Å². The molecule has 8 heteroatoms. The van der Waals surface area contributed by atoms with E-state index in [2.05, 4.69) is 10.3 Å². The number of aromatic nitrogens is 1. The molecule has 1 atom stereocenters. The number of hydrogen-bond donors (Lipinski definition) is 2. The van der Waals surface area contributed by atoms with Crippen LogP contribution in [0.2, 0.25) is 0 Å². The number of nitro benzene ring substituents is 1. The summed E-state index contributed by atoms with van der Waals surface area (Å²) in [5, 5.41) is 25.2. The fraction of sp³-hybridized carbons (Fsp3) is 0.222. The van der Waals surface area contributed by atoms with Crippen molar-refractivity contribution in [2.45, 2.75) is 25.8 Å². The number of benzene rings is 1. The Hall–Kier alpha value is -3.42. The Bertz CT molecular complexity index is 953. The number of amides is 1. The lowest BCUT2D eigenvalue weighted by Crippen LogP contribution is -2.28. The second-order valence-corrected chi connectivity index (χ2v) is 5.76. The van der Waals surface area contributed by atoms with Crippen molar-refractivity contribution in [2.75, 3.05) is 0 Å². The summed E-state index contributed by atoms with van der Waals surface area (Å²) in [6.07, 6.45) is 3.79. The van der Waals surface area contributed by atoms with Crippen LogP contribution in [0.4, 0.5) is 5.69 Å². The minimum absolute atomic E-state index is 0.0954. The zero-order valence-electron chi connectivity index (χ0n) is 14.0. The van der Waals surface area contributed by atoms with Crippen molar-refractivity contribution < 1.29 is 19.2 Å². The molecule has 0 spiro atoms. The Morgan fingerprint density at radius 3 is 2.88 bits per heavy atom. The van der Waals surface area contributed by atoms with E-state index in [0.717, 1.165) is 0 Å². The zero-order chi connectivity index (χ0) is 18.7. The zero-order valence-corrected chi connectivity index (χ0v) is 14.0. The third-order valence-electron chi connectivity index (χ3n) is 3.99. The second-order valence-electron chi connectivity index (χ2n) is 5.76. The molecule has 0 fully saturated rings. The Balaban J connectivity index is 2.20. The van der Waals surface area contributed by atoms with E-state index in [1.165, 1.54) is 24.6 Å². The standard InChI is InChI=1S/C18H17N3O5/c1-2-5-15(22)20-16(14-7-4-9-26-14)12-10-13(21(24)25)11-6-3-8-19-17(11)18(12)23/h3-4,6-10,16,23H,2,5H2,1H3,(H,20,22)/t16-/m1/s1. The van der Waals surface area contributed by atoms with Gasteiger partial charge in [-0.15, -0.1) is 0 Å². The van der Waals surface area contributed by atoms with E-state index >= 15 is 0 Å². The van der Waals surface area contributed by atoms with Crippen LogP contribution >= 0.6 is 0 Å². The second kappa shape index (κ2) is 7.22. The van der Waals surface area contributed by atoms with E-state index in [1.54, 1.807) is 18.2 Å². The number of carbonyl (C=O) groups excluding carboxylic acids is 1. The maximum Gasteiger partial charge on any atom is 0.279 e. The largest absolute Gasteiger partial charge is 0.505 e. The molecular weight excluding hydrogens is 338 g/mol. The molecule has 134 valence electrons. The Morgan fingerprint density at radius 2 is 2.23 bits per heavy atom. The van der Waals surface area contributed by atoms with Crippen molar-refractivity contribution in [1.29, 1.82) is 0 Å². The molecule has 1 amide bonds. The SMILES string of the molecule is CCCC(=O)N[C@@H](c1ccco1)c1cc([N+](=O)[O-])c2cccnc2c1O. The van der Waals surface area contributed by atoms with Gasteiger partial charge in [-0.3, -0.25) is 19.9 Å². The van der Waals surface area contributed by atoms with Gasteiger partial charge in [-0.1, -0.05) is 6.92 Å². The molecule has 0 aliphatic heterocycles. The fourth-order valence-corrected chi connectivity index (χ4v) is 2.82. The summed E-state index contributed by atoms with van der Waals surface area (Å²) in [7, 11) is 0. The van der Waals surface area contributed by atoms with E-state index in [-0.39, 0.29) is 40.2 Å². The highest BCUT2D eigenvalue weighted by molar-refractivity contribution is 5.93. The minimum Gasteiger partial charge on any atom is -0.505 e. The summed E-state index contributed by atoms with van der Waals surface area (Å²) in [6.45, 7) is 1.86. The molecule has 0 aliphatic rings. The summed E-state index contributed by atoms with van der Waals surface area (Å²) in [4.78, 5) is 27.2. The third kappa shape index (κ3) is 3.21. The average molecular weight is 355 g/mol. The lowest BCUT2D eigenvalue weighted by molar-refractivity contribution is -0.383. The number of nitro groups is 1. The lowest BCUT2D eigenvalue weighted by atomic mass is 9.99. The number of hydrogen-bond acceptors (Lipinski definition) is 6. The van der Waals surface area contributed by atoms with Gasteiger partial charge in [0.2, 0.25) is 5.91 Å². The quantitative estimate of drug-likeness (QED) is 0.516. The fourth-order valence-electron chi connectivity index (χ4n) is 2.82. The lowest BCUT2D eigenvalue weighted by Gasteiger charge is -2.19. The summed E-state index contributed by atoms with van der Waals surface area (Å²) >= 11 is 0. The van der Waals surface area contributed by atoms with Crippen LogP contribution in [-0.2, 0) is 4.79 Å². The van der Waals surface area contributed by atoms with Gasteiger partial charge in [0.25, 0.3) is 5.69 Å². The van der Waals surface area contributed by atoms with Crippen molar-refractivity contribution in [3.05, 3.63) is 64.2 Å². The van der Waals surface area contributed by atoms with Crippen LogP contribution in [0.1, 0.15) is 37.1 Å². The summed E-state index contributed by atoms with van der Waals surface area (Å²) < 4.78 is 5.38. The third-order valence-corrected chi connectivity index (χ3v) is 3.99. The number of phenolic OH excluding ortho intramolecular Hbond substituents is 1. The van der Waals surface area contributed by atoms with Crippen molar-refractivity contribution in [2.24, 2.45) is 0 Å². The highest BCUT2D eigenvalue weighted by atomic mass is 16.6. The van der Waals surface area contributed by atoms with E-state index in [0.29, 0.717) is 12.2 Å². The molecule has 26 heavy (non-hydrogen) atoms. The summed E-state index contributed by atoms with van der Waals surface area (Å²) in [5.41, 5.74) is 0.0440. The first kappa shape index (κ1) is 17.4. The van der Waals surface area contributed by atoms with Crippen LogP contribution in [0.25, 0.3) is 10.9 Å². The van der Waals surface area contributed by atoms with E-state index < -0.39 is 11.0 Å². The number of carbonyl (C=O) groups is 1. The van der Waals surface area contributed by atoms with Crippen molar-refractivity contribution in [1.82, 2.24) is 10.3 Å². The predicted molar refractivity (Wildman–Crippen MR) is 93.7 cm³/mol. The van der Waals surface area contributed by atoms with Crippen LogP contribution in [0.3, 0.4) is 0 Å². The maximum absolute atomic E-state index is 12.1. The molecule has 8 nitrogen and oxygen atoms in total. The number of rotatable bonds is 6. The molecule has 0 saturated heterocycles. The highest BCUT2D eigenvalue weighted by Crippen LogP contribution is 2.39. The van der Waals surface area contributed by atoms with Gasteiger partial charge in [0.15, 0.2) is 0 Å². The van der Waals surface area contributed by atoms with Gasteiger partial charge in [-0.2, -0.15) is 0 Å². The van der Waals surface area contributed by atoms with E-state index in [4.69, 9.17) is 4.42 Å². The molecule has 1 aromatic carbocycles. The normalized spacial score (nSPS) is 12.0. The molecule has 0 saturated carbocycles. The van der Waals surface area contributed by atoms with Crippen LogP contribution < -0.4 is 5.32 Å². The molecule has 0 bridgehead atoms. The molecule has 0 radical (unpaired) electrons. The molecule has 0 aliphatic carbocycles. The first-order valence-corrected chi connectivity index (χ1v) is 8.10. The molecule has 0 unspecified atom stereocenters. The number of nitrogens with zero attached hydrogens (tertiary/aromatic N) is 2. The van der Waals surface area contributed by atoms with Crippen LogP contribution in [0.5, 0.6) is 5.75 Å². The van der Waals surface area contributed by atoms with Gasteiger partial charge in [-0.25, -0.2) is 0 Å². The molecule has 2 aromatic heterocycles. The van der Waals surface area contributed by atoms with Gasteiger partial charge in [0.05, 0.1) is 16.6 Å². The first-order chi connectivity index (χ1) is 12.5. The number of fused-ring (bicyclic) bond motifs is 1. The highest BCUT2D eigenvalue weighted by Gasteiger charge is 2.28. The smallest absolute Gasteiger partial charge is 0.279 e. The molecule has 3 rings (SSSR count). The predicted octanol–water partition coefficient (Wildman–Crippen LogP) is 3.45. The topological polar surface area (TPSA) is 118 Å². The number of phenols is 1. The van der Waals surface area contributed by atoms with Gasteiger partial charge in [-0.05, 0) is 30.7 Å². The maximum atomic E-state index is 12.1. The van der Waals surface area contributed by atoms with Crippen molar-refractivity contribution in [3.63, 3.8) is 0 Å². The molecule has 2 N–H and O–H groups in total. The molecular formula is C18H17N3O5. The van der Waals surface area contributed by atoms with Crippen LogP contribution in [-0.4, -0.2) is 20.9 Å². The first-order valence-electron chi connectivity index (χ1n) is 8.10. The average Bonchev–Trinajstić information content (AvgIpc) is 3.15. The number of nitrogens with one attached hydrogen (secondary N) is 1. The van der Waals surface area contributed by atoms with Crippen LogP contribution in [0.15, 0.2) is 47.2 Å². The van der Waals surface area contributed by atoms with Crippen molar-refractivity contribution >= 4 is 22.5 Å². The minimum atomic E-state index is -0.867. The number of furan rings is 1.